The van der Waals surface area contributed by atoms with Gasteiger partial charge in [0.25, 0.3) is 0 Å². The monoisotopic (exact) mass is 215 g/mol. The first-order valence-electron chi connectivity index (χ1n) is 6.10. The molecule has 0 aromatic rings. The minimum absolute atomic E-state index is 0.874. The zero-order valence-corrected chi connectivity index (χ0v) is 10.5. The van der Waals surface area contributed by atoms with Crippen molar-refractivity contribution in [3.63, 3.8) is 0 Å². The molecule has 0 spiro atoms. The molecule has 0 aromatic heterocycles. The highest BCUT2D eigenvalue weighted by molar-refractivity contribution is 7.99. The molecule has 14 heavy (non-hydrogen) atoms. The van der Waals surface area contributed by atoms with Crippen LogP contribution < -0.4 is 5.32 Å². The molecule has 0 bridgehead atoms. The van der Waals surface area contributed by atoms with Crippen LogP contribution in [0.25, 0.3) is 0 Å². The highest BCUT2D eigenvalue weighted by atomic mass is 32.2. The molecule has 0 atom stereocenters. The molecule has 1 N–H and O–H groups in total. The average Bonchev–Trinajstić information content (AvgIpc) is 2.92. The molecular formula is C12H25NS. The summed E-state index contributed by atoms with van der Waals surface area (Å²) in [5.74, 6) is 3.59. The van der Waals surface area contributed by atoms with Crippen molar-refractivity contribution < 1.29 is 0 Å². The fraction of sp³-hybridized carbons (Fsp3) is 1.00. The van der Waals surface area contributed by atoms with Crippen LogP contribution in [-0.4, -0.2) is 24.1 Å². The van der Waals surface area contributed by atoms with Gasteiger partial charge < -0.3 is 5.32 Å². The molecule has 84 valence electrons. The van der Waals surface area contributed by atoms with Crippen LogP contribution in [0.3, 0.4) is 0 Å². The van der Waals surface area contributed by atoms with Crippen molar-refractivity contribution in [3.05, 3.63) is 0 Å². The second-order valence-electron chi connectivity index (χ2n) is 4.73. The predicted octanol–water partition coefficient (Wildman–Crippen LogP) is 3.30. The zero-order valence-electron chi connectivity index (χ0n) is 9.72. The second-order valence-corrected chi connectivity index (χ2v) is 5.96. The van der Waals surface area contributed by atoms with E-state index in [0.29, 0.717) is 0 Å². The van der Waals surface area contributed by atoms with Crippen LogP contribution in [0.4, 0.5) is 0 Å². The molecule has 1 aliphatic rings. The van der Waals surface area contributed by atoms with Crippen molar-refractivity contribution in [1.29, 1.82) is 0 Å². The Morgan fingerprint density at radius 2 is 2.00 bits per heavy atom. The largest absolute Gasteiger partial charge is 0.314 e. The first-order valence-corrected chi connectivity index (χ1v) is 7.25. The summed E-state index contributed by atoms with van der Waals surface area (Å²) in [7, 11) is 0. The number of unbranched alkanes of at least 4 members (excludes halogenated alkanes) is 1. The number of hydrogen-bond donors (Lipinski definition) is 1. The first-order chi connectivity index (χ1) is 6.79. The van der Waals surface area contributed by atoms with Crippen LogP contribution in [0, 0.1) is 5.92 Å². The van der Waals surface area contributed by atoms with Crippen molar-refractivity contribution >= 4 is 11.8 Å². The number of hydrogen-bond acceptors (Lipinski definition) is 2. The lowest BCUT2D eigenvalue weighted by molar-refractivity contribution is 0.629. The Morgan fingerprint density at radius 1 is 1.21 bits per heavy atom. The number of rotatable bonds is 9. The van der Waals surface area contributed by atoms with Crippen molar-refractivity contribution in [2.45, 2.75) is 52.0 Å². The van der Waals surface area contributed by atoms with Gasteiger partial charge in [0.1, 0.15) is 0 Å². The third-order valence-electron chi connectivity index (χ3n) is 2.57. The summed E-state index contributed by atoms with van der Waals surface area (Å²) in [6.07, 6.45) is 6.98. The van der Waals surface area contributed by atoms with Crippen molar-refractivity contribution in [1.82, 2.24) is 5.32 Å². The van der Waals surface area contributed by atoms with Gasteiger partial charge in [-0.3, -0.25) is 0 Å². The van der Waals surface area contributed by atoms with E-state index in [-0.39, 0.29) is 0 Å². The number of thioether (sulfide) groups is 1. The summed E-state index contributed by atoms with van der Waals surface area (Å²) >= 11 is 2.13. The molecule has 1 aliphatic carbocycles. The van der Waals surface area contributed by atoms with Crippen molar-refractivity contribution in [3.8, 4) is 0 Å². The lowest BCUT2D eigenvalue weighted by Gasteiger charge is -2.04. The summed E-state index contributed by atoms with van der Waals surface area (Å²) in [5, 5.41) is 3.56. The molecule has 1 rings (SSSR count). The van der Waals surface area contributed by atoms with Gasteiger partial charge in [-0.15, -0.1) is 0 Å². The van der Waals surface area contributed by atoms with Gasteiger partial charge in [0.15, 0.2) is 0 Å². The van der Waals surface area contributed by atoms with Crippen LogP contribution in [-0.2, 0) is 0 Å². The van der Waals surface area contributed by atoms with E-state index in [1.54, 1.807) is 0 Å². The van der Waals surface area contributed by atoms with Crippen LogP contribution in [0.2, 0.25) is 0 Å². The van der Waals surface area contributed by atoms with E-state index in [1.807, 2.05) is 0 Å². The normalized spacial score (nSPS) is 16.5. The average molecular weight is 215 g/mol. The van der Waals surface area contributed by atoms with Gasteiger partial charge in [0, 0.05) is 6.04 Å². The molecule has 1 saturated carbocycles. The van der Waals surface area contributed by atoms with E-state index < -0.39 is 0 Å². The molecule has 0 aliphatic heterocycles. The third kappa shape index (κ3) is 7.69. The standard InChI is InChI=1S/C12H25NS/c1-11(2)7-10-14-9-4-3-8-13-12-5-6-12/h11-13H,3-10H2,1-2H3. The van der Waals surface area contributed by atoms with E-state index in [4.69, 9.17) is 0 Å². The quantitative estimate of drug-likeness (QED) is 0.592. The summed E-state index contributed by atoms with van der Waals surface area (Å²) in [6.45, 7) is 5.86. The third-order valence-corrected chi connectivity index (χ3v) is 3.67. The number of nitrogens with one attached hydrogen (secondary N) is 1. The predicted molar refractivity (Wildman–Crippen MR) is 67.0 cm³/mol. The highest BCUT2D eigenvalue weighted by Crippen LogP contribution is 2.18. The summed E-state index contributed by atoms with van der Waals surface area (Å²) in [4.78, 5) is 0. The maximum atomic E-state index is 3.56. The fourth-order valence-corrected chi connectivity index (χ4v) is 2.59. The van der Waals surface area contributed by atoms with Gasteiger partial charge in [0.05, 0.1) is 0 Å². The Labute approximate surface area is 93.4 Å². The van der Waals surface area contributed by atoms with Gasteiger partial charge in [-0.1, -0.05) is 13.8 Å². The lowest BCUT2D eigenvalue weighted by atomic mass is 10.2. The Bertz CT molecular complexity index is 124. The van der Waals surface area contributed by atoms with Crippen LogP contribution >= 0.6 is 11.8 Å². The second kappa shape index (κ2) is 7.58. The minimum Gasteiger partial charge on any atom is -0.314 e. The molecule has 0 unspecified atom stereocenters. The molecule has 0 aromatic carbocycles. The van der Waals surface area contributed by atoms with E-state index >= 15 is 0 Å². The van der Waals surface area contributed by atoms with Crippen LogP contribution in [0.5, 0.6) is 0 Å². The highest BCUT2D eigenvalue weighted by Gasteiger charge is 2.19. The van der Waals surface area contributed by atoms with E-state index in [2.05, 4.69) is 30.9 Å². The van der Waals surface area contributed by atoms with Gasteiger partial charge in [-0.05, 0) is 56.1 Å². The molecule has 1 nitrogen and oxygen atoms in total. The van der Waals surface area contributed by atoms with Gasteiger partial charge in [0.2, 0.25) is 0 Å². The zero-order chi connectivity index (χ0) is 10.2. The molecule has 1 fully saturated rings. The van der Waals surface area contributed by atoms with Crippen LogP contribution in [0.15, 0.2) is 0 Å². The first kappa shape index (κ1) is 12.4. The van der Waals surface area contributed by atoms with Crippen molar-refractivity contribution in [2.24, 2.45) is 5.92 Å². The summed E-state index contributed by atoms with van der Waals surface area (Å²) in [6, 6.07) is 0.892. The van der Waals surface area contributed by atoms with E-state index in [0.717, 1.165) is 12.0 Å². The van der Waals surface area contributed by atoms with Crippen molar-refractivity contribution in [2.75, 3.05) is 18.1 Å². The van der Waals surface area contributed by atoms with Crippen LogP contribution in [0.1, 0.15) is 46.0 Å². The fourth-order valence-electron chi connectivity index (χ4n) is 1.34. The maximum absolute atomic E-state index is 3.56. The Balaban J connectivity index is 1.66. The topological polar surface area (TPSA) is 12.0 Å². The lowest BCUT2D eigenvalue weighted by Crippen LogP contribution is -2.17. The van der Waals surface area contributed by atoms with Gasteiger partial charge in [-0.2, -0.15) is 11.8 Å². The molecule has 2 heteroatoms. The SMILES string of the molecule is CC(C)CCSCCCCNC1CC1. The molecule has 0 amide bonds. The summed E-state index contributed by atoms with van der Waals surface area (Å²) < 4.78 is 0. The Hall–Kier alpha value is 0.310. The Morgan fingerprint density at radius 3 is 2.64 bits per heavy atom. The molecular weight excluding hydrogens is 190 g/mol. The summed E-state index contributed by atoms with van der Waals surface area (Å²) in [5.41, 5.74) is 0. The Kier molecular flexibility index (Phi) is 6.70. The van der Waals surface area contributed by atoms with E-state index in [1.165, 1.54) is 50.2 Å². The van der Waals surface area contributed by atoms with Gasteiger partial charge >= 0.3 is 0 Å². The van der Waals surface area contributed by atoms with Gasteiger partial charge in [-0.25, -0.2) is 0 Å². The smallest absolute Gasteiger partial charge is 0.00682 e. The molecule has 0 radical (unpaired) electrons. The maximum Gasteiger partial charge on any atom is 0.00682 e. The van der Waals surface area contributed by atoms with E-state index in [9.17, 15) is 0 Å². The minimum atomic E-state index is 0.874. The molecule has 0 saturated heterocycles. The molecule has 0 heterocycles.